The molecule has 1 saturated heterocycles. The molecule has 1 unspecified atom stereocenters. The van der Waals surface area contributed by atoms with Crippen molar-refractivity contribution in [3.8, 4) is 11.1 Å². The number of likely N-dealkylation sites (tertiary alicyclic amines) is 1. The average molecular weight is 479 g/mol. The molecule has 0 spiro atoms. The molecule has 1 heterocycles. The second kappa shape index (κ2) is 10.5. The van der Waals surface area contributed by atoms with Crippen molar-refractivity contribution in [1.82, 2.24) is 10.2 Å². The lowest BCUT2D eigenvalue weighted by Gasteiger charge is -2.36. The first-order valence-electron chi connectivity index (χ1n) is 12.6. The van der Waals surface area contributed by atoms with E-state index < -0.39 is 23.6 Å². The molecule has 1 fully saturated rings. The molecule has 4 rings (SSSR count). The smallest absolute Gasteiger partial charge is 0.407 e. The summed E-state index contributed by atoms with van der Waals surface area (Å²) < 4.78 is 5.65. The minimum Gasteiger partial charge on any atom is -0.479 e. The first-order chi connectivity index (χ1) is 16.9. The van der Waals surface area contributed by atoms with Gasteiger partial charge in [0, 0.05) is 12.5 Å². The van der Waals surface area contributed by atoms with Gasteiger partial charge in [-0.15, -0.1) is 0 Å². The Hall–Kier alpha value is -3.35. The van der Waals surface area contributed by atoms with Gasteiger partial charge < -0.3 is 20.1 Å². The predicted molar refractivity (Wildman–Crippen MR) is 133 cm³/mol. The van der Waals surface area contributed by atoms with Crippen LogP contribution < -0.4 is 5.32 Å². The quantitative estimate of drug-likeness (QED) is 0.532. The van der Waals surface area contributed by atoms with Crippen molar-refractivity contribution in [2.45, 2.75) is 69.9 Å². The second-order valence-corrected chi connectivity index (χ2v) is 9.45. The summed E-state index contributed by atoms with van der Waals surface area (Å²) >= 11 is 0. The SMILES string of the molecule is CCCC[C@H](NC(=O)OCC1c2ccccc2-c2ccccc21)C(=O)N1CCCC1(CC)C(=O)O. The largest absolute Gasteiger partial charge is 0.479 e. The molecule has 0 aromatic heterocycles. The number of fused-ring (bicyclic) bond motifs is 3. The van der Waals surface area contributed by atoms with Crippen LogP contribution >= 0.6 is 0 Å². The lowest BCUT2D eigenvalue weighted by molar-refractivity contribution is -0.157. The molecule has 1 aliphatic heterocycles. The van der Waals surface area contributed by atoms with Gasteiger partial charge >= 0.3 is 12.1 Å². The van der Waals surface area contributed by atoms with E-state index in [0.717, 1.165) is 35.1 Å². The Morgan fingerprint density at radius 1 is 1.09 bits per heavy atom. The van der Waals surface area contributed by atoms with E-state index in [0.29, 0.717) is 32.2 Å². The fraction of sp³-hybridized carbons (Fsp3) is 0.464. The van der Waals surface area contributed by atoms with Crippen molar-refractivity contribution in [2.75, 3.05) is 13.2 Å². The van der Waals surface area contributed by atoms with E-state index in [1.165, 1.54) is 4.90 Å². The molecule has 0 radical (unpaired) electrons. The third kappa shape index (κ3) is 4.64. The molecule has 7 nitrogen and oxygen atoms in total. The zero-order valence-electron chi connectivity index (χ0n) is 20.5. The molecular weight excluding hydrogens is 444 g/mol. The molecule has 2 aromatic carbocycles. The van der Waals surface area contributed by atoms with Crippen molar-refractivity contribution < 1.29 is 24.2 Å². The van der Waals surface area contributed by atoms with Gasteiger partial charge in [-0.2, -0.15) is 0 Å². The Labute approximate surface area is 206 Å². The Morgan fingerprint density at radius 3 is 2.29 bits per heavy atom. The number of carbonyl (C=O) groups excluding carboxylic acids is 2. The van der Waals surface area contributed by atoms with Crippen LogP contribution in [0, 0.1) is 0 Å². The van der Waals surface area contributed by atoms with Gasteiger partial charge in [-0.25, -0.2) is 9.59 Å². The number of benzene rings is 2. The Kier molecular flexibility index (Phi) is 7.43. The summed E-state index contributed by atoms with van der Waals surface area (Å²) in [5.41, 5.74) is 3.32. The molecule has 35 heavy (non-hydrogen) atoms. The third-order valence-corrected chi connectivity index (χ3v) is 7.52. The van der Waals surface area contributed by atoms with Crippen molar-refractivity contribution in [3.05, 3.63) is 59.7 Å². The highest BCUT2D eigenvalue weighted by Gasteiger charge is 2.49. The highest BCUT2D eigenvalue weighted by atomic mass is 16.5. The van der Waals surface area contributed by atoms with E-state index in [4.69, 9.17) is 4.74 Å². The van der Waals surface area contributed by atoms with Crippen molar-refractivity contribution in [3.63, 3.8) is 0 Å². The van der Waals surface area contributed by atoms with Gasteiger partial charge in [0.1, 0.15) is 18.2 Å². The van der Waals surface area contributed by atoms with Crippen LogP contribution in [0.25, 0.3) is 11.1 Å². The van der Waals surface area contributed by atoms with Gasteiger partial charge in [-0.1, -0.05) is 75.2 Å². The van der Waals surface area contributed by atoms with Crippen molar-refractivity contribution in [1.29, 1.82) is 0 Å². The number of aliphatic carboxylic acids is 1. The average Bonchev–Trinajstić information content (AvgIpc) is 3.45. The molecule has 0 bridgehead atoms. The standard InChI is InChI=1S/C28H34N2O5/c1-3-5-15-24(25(31)30-17-10-16-28(30,4-2)26(32)33)29-27(34)35-18-23-21-13-8-6-11-19(21)20-12-7-9-14-22(20)23/h6-9,11-14,23-24H,3-5,10,15-18H2,1-2H3,(H,29,34)(H,32,33)/t24-,28?/m0/s1. The summed E-state index contributed by atoms with van der Waals surface area (Å²) in [5.74, 6) is -1.40. The number of rotatable bonds is 9. The zero-order chi connectivity index (χ0) is 25.0. The van der Waals surface area contributed by atoms with Crippen LogP contribution in [0.3, 0.4) is 0 Å². The first kappa shape index (κ1) is 24.8. The lowest BCUT2D eigenvalue weighted by atomic mass is 9.92. The number of amides is 2. The van der Waals surface area contributed by atoms with Crippen LogP contribution in [0.5, 0.6) is 0 Å². The third-order valence-electron chi connectivity index (χ3n) is 7.52. The number of ether oxygens (including phenoxy) is 1. The molecule has 2 atom stereocenters. The molecule has 7 heteroatoms. The van der Waals surface area contributed by atoms with Gasteiger partial charge in [0.2, 0.25) is 5.91 Å². The summed E-state index contributed by atoms with van der Waals surface area (Å²) in [5, 5.41) is 12.6. The van der Waals surface area contributed by atoms with Gasteiger partial charge in [-0.05, 0) is 47.9 Å². The van der Waals surface area contributed by atoms with E-state index in [-0.39, 0.29) is 18.4 Å². The maximum Gasteiger partial charge on any atom is 0.407 e. The molecule has 186 valence electrons. The number of hydrogen-bond acceptors (Lipinski definition) is 4. The molecule has 2 aromatic rings. The number of carboxylic acid groups (broad SMARTS) is 1. The van der Waals surface area contributed by atoms with Crippen LogP contribution in [-0.2, 0) is 14.3 Å². The second-order valence-electron chi connectivity index (χ2n) is 9.45. The van der Waals surface area contributed by atoms with Crippen LogP contribution in [0.15, 0.2) is 48.5 Å². The van der Waals surface area contributed by atoms with E-state index >= 15 is 0 Å². The Morgan fingerprint density at radius 2 is 1.71 bits per heavy atom. The van der Waals surface area contributed by atoms with Crippen molar-refractivity contribution >= 4 is 18.0 Å². The topological polar surface area (TPSA) is 95.9 Å². The molecule has 2 amide bonds. The molecule has 0 saturated carbocycles. The number of hydrogen-bond donors (Lipinski definition) is 2. The van der Waals surface area contributed by atoms with E-state index in [1.807, 2.05) is 31.2 Å². The number of nitrogens with zero attached hydrogens (tertiary/aromatic N) is 1. The first-order valence-corrected chi connectivity index (χ1v) is 12.6. The number of alkyl carbamates (subject to hydrolysis) is 1. The minimum absolute atomic E-state index is 0.0729. The molecule has 2 aliphatic rings. The summed E-state index contributed by atoms with van der Waals surface area (Å²) in [6.45, 7) is 4.35. The summed E-state index contributed by atoms with van der Waals surface area (Å²) in [7, 11) is 0. The lowest BCUT2D eigenvalue weighted by Crippen LogP contribution is -2.58. The zero-order valence-corrected chi connectivity index (χ0v) is 20.5. The van der Waals surface area contributed by atoms with Gasteiger partial charge in [0.25, 0.3) is 0 Å². The number of unbranched alkanes of at least 4 members (excludes halogenated alkanes) is 1. The highest BCUT2D eigenvalue weighted by Crippen LogP contribution is 2.44. The normalized spacial score (nSPS) is 19.7. The number of nitrogens with one attached hydrogen (secondary N) is 1. The van der Waals surface area contributed by atoms with Gasteiger partial charge in [0.15, 0.2) is 0 Å². The monoisotopic (exact) mass is 478 g/mol. The summed E-state index contributed by atoms with van der Waals surface area (Å²) in [6, 6.07) is 15.4. The van der Waals surface area contributed by atoms with Crippen LogP contribution in [0.2, 0.25) is 0 Å². The highest BCUT2D eigenvalue weighted by molar-refractivity contribution is 5.92. The van der Waals surface area contributed by atoms with Crippen LogP contribution in [-0.4, -0.2) is 52.7 Å². The van der Waals surface area contributed by atoms with Gasteiger partial charge in [0.05, 0.1) is 0 Å². The number of carboxylic acids is 1. The van der Waals surface area contributed by atoms with E-state index in [1.54, 1.807) is 6.92 Å². The minimum atomic E-state index is -1.20. The van der Waals surface area contributed by atoms with E-state index in [9.17, 15) is 19.5 Å². The summed E-state index contributed by atoms with van der Waals surface area (Å²) in [4.78, 5) is 39.8. The molecule has 1 aliphatic carbocycles. The van der Waals surface area contributed by atoms with Crippen LogP contribution in [0.4, 0.5) is 4.79 Å². The molecule has 2 N–H and O–H groups in total. The fourth-order valence-electron chi connectivity index (χ4n) is 5.58. The summed E-state index contributed by atoms with van der Waals surface area (Å²) in [6.07, 6.45) is 2.77. The maximum absolute atomic E-state index is 13.4. The Balaban J connectivity index is 1.46. The molecular formula is C28H34N2O5. The maximum atomic E-state index is 13.4. The van der Waals surface area contributed by atoms with Crippen LogP contribution in [0.1, 0.15) is 69.4 Å². The van der Waals surface area contributed by atoms with Gasteiger partial charge in [-0.3, -0.25) is 4.79 Å². The predicted octanol–water partition coefficient (Wildman–Crippen LogP) is 4.94. The Bertz CT molecular complexity index is 1050. The number of carbonyl (C=O) groups is 3. The van der Waals surface area contributed by atoms with E-state index in [2.05, 4.69) is 29.6 Å². The fourth-order valence-corrected chi connectivity index (χ4v) is 5.58. The van der Waals surface area contributed by atoms with Crippen molar-refractivity contribution in [2.24, 2.45) is 0 Å².